The van der Waals surface area contributed by atoms with Crippen LogP contribution >= 0.6 is 0 Å². The van der Waals surface area contributed by atoms with Gasteiger partial charge in [-0.15, -0.1) is 0 Å². The Bertz CT molecular complexity index is 315. The van der Waals surface area contributed by atoms with Crippen molar-refractivity contribution in [3.8, 4) is 0 Å². The van der Waals surface area contributed by atoms with Crippen molar-refractivity contribution in [1.29, 1.82) is 0 Å². The van der Waals surface area contributed by atoms with Crippen LogP contribution in [0.15, 0.2) is 0 Å². The van der Waals surface area contributed by atoms with Gasteiger partial charge in [0.15, 0.2) is 0 Å². The van der Waals surface area contributed by atoms with Gasteiger partial charge in [0.25, 0.3) is 0 Å². The normalized spacial score (nSPS) is 20.3. The molecule has 1 heterocycles. The third kappa shape index (κ3) is 6.28. The minimum Gasteiger partial charge on any atom is -0.298 e. The van der Waals surface area contributed by atoms with E-state index in [2.05, 4.69) is 72.1 Å². The molecule has 0 atom stereocenters. The zero-order chi connectivity index (χ0) is 16.5. The molecule has 1 aliphatic heterocycles. The zero-order valence-electron chi connectivity index (χ0n) is 16.2. The van der Waals surface area contributed by atoms with Crippen LogP contribution in [0.1, 0.15) is 75.2 Å². The van der Waals surface area contributed by atoms with Gasteiger partial charge in [-0.05, 0) is 51.4 Å². The summed E-state index contributed by atoms with van der Waals surface area (Å²) in [7, 11) is 0. The van der Waals surface area contributed by atoms with E-state index in [1.807, 2.05) is 0 Å². The van der Waals surface area contributed by atoms with E-state index in [0.29, 0.717) is 22.4 Å². The Morgan fingerprint density at radius 3 is 1.62 bits per heavy atom. The number of hydrogen-bond acceptors (Lipinski definition) is 2. The van der Waals surface area contributed by atoms with E-state index in [1.54, 1.807) is 0 Å². The molecular weight excluding hydrogens is 256 g/mol. The van der Waals surface area contributed by atoms with E-state index in [9.17, 15) is 0 Å². The second kappa shape index (κ2) is 6.58. The highest BCUT2D eigenvalue weighted by Crippen LogP contribution is 2.40. The average molecular weight is 297 g/mol. The molecule has 2 heteroatoms. The molecule has 1 aliphatic rings. The number of nitrogens with zero attached hydrogens (tertiary/aromatic N) is 2. The van der Waals surface area contributed by atoms with Gasteiger partial charge in [-0.1, -0.05) is 34.6 Å². The van der Waals surface area contributed by atoms with Crippen LogP contribution in [-0.2, 0) is 0 Å². The van der Waals surface area contributed by atoms with Gasteiger partial charge in [0.1, 0.15) is 0 Å². The SMILES string of the molecule is CC(C)N1CCN(C(C)(C)CC(C)(C)CC(C)(C)C)CC1. The maximum absolute atomic E-state index is 2.72. The van der Waals surface area contributed by atoms with E-state index in [4.69, 9.17) is 0 Å². The Kier molecular flexibility index (Phi) is 5.94. The molecular formula is C19H40N2. The predicted octanol–water partition coefficient (Wildman–Crippen LogP) is 4.64. The van der Waals surface area contributed by atoms with Crippen molar-refractivity contribution in [3.63, 3.8) is 0 Å². The fraction of sp³-hybridized carbons (Fsp3) is 1.00. The van der Waals surface area contributed by atoms with E-state index >= 15 is 0 Å². The van der Waals surface area contributed by atoms with Crippen molar-refractivity contribution in [3.05, 3.63) is 0 Å². The molecule has 0 unspecified atom stereocenters. The van der Waals surface area contributed by atoms with Crippen LogP contribution in [0.25, 0.3) is 0 Å². The molecule has 0 spiro atoms. The first-order chi connectivity index (χ1) is 9.32. The lowest BCUT2D eigenvalue weighted by Crippen LogP contribution is -2.56. The largest absolute Gasteiger partial charge is 0.298 e. The first kappa shape index (κ1) is 19.0. The highest BCUT2D eigenvalue weighted by Gasteiger charge is 2.37. The maximum Gasteiger partial charge on any atom is 0.0159 e. The molecule has 0 aromatic heterocycles. The summed E-state index contributed by atoms with van der Waals surface area (Å²) in [4.78, 5) is 5.32. The van der Waals surface area contributed by atoms with Gasteiger partial charge >= 0.3 is 0 Å². The van der Waals surface area contributed by atoms with Crippen molar-refractivity contribution < 1.29 is 0 Å². The fourth-order valence-corrected chi connectivity index (χ4v) is 4.62. The third-order valence-corrected chi connectivity index (χ3v) is 4.82. The van der Waals surface area contributed by atoms with Crippen molar-refractivity contribution >= 4 is 0 Å². The van der Waals surface area contributed by atoms with Gasteiger partial charge in [0.2, 0.25) is 0 Å². The summed E-state index contributed by atoms with van der Waals surface area (Å²) in [6.07, 6.45) is 2.56. The van der Waals surface area contributed by atoms with Crippen LogP contribution < -0.4 is 0 Å². The first-order valence-corrected chi connectivity index (χ1v) is 8.82. The van der Waals surface area contributed by atoms with E-state index in [-0.39, 0.29) is 0 Å². The summed E-state index contributed by atoms with van der Waals surface area (Å²) in [5.41, 5.74) is 1.12. The molecule has 0 aromatic carbocycles. The van der Waals surface area contributed by atoms with Gasteiger partial charge in [-0.3, -0.25) is 9.80 Å². The standard InChI is InChI=1S/C19H40N2/c1-16(2)20-10-12-21(13-11-20)19(8,9)15-18(6,7)14-17(3,4)5/h16H,10-15H2,1-9H3. The van der Waals surface area contributed by atoms with Crippen LogP contribution in [0, 0.1) is 10.8 Å². The van der Waals surface area contributed by atoms with E-state index < -0.39 is 0 Å². The smallest absolute Gasteiger partial charge is 0.0159 e. The second-order valence-corrected chi connectivity index (χ2v) is 10.0. The molecule has 1 fully saturated rings. The molecule has 0 amide bonds. The predicted molar refractivity (Wildman–Crippen MR) is 94.8 cm³/mol. The Morgan fingerprint density at radius 1 is 0.762 bits per heavy atom. The highest BCUT2D eigenvalue weighted by atomic mass is 15.3. The van der Waals surface area contributed by atoms with Crippen LogP contribution in [0.3, 0.4) is 0 Å². The Labute approximate surface area is 134 Å². The van der Waals surface area contributed by atoms with Crippen LogP contribution in [0.4, 0.5) is 0 Å². The van der Waals surface area contributed by atoms with Gasteiger partial charge in [-0.25, -0.2) is 0 Å². The highest BCUT2D eigenvalue weighted by molar-refractivity contribution is 4.91. The summed E-state index contributed by atoms with van der Waals surface area (Å²) in [6, 6.07) is 0.688. The minimum absolute atomic E-state index is 0.303. The number of rotatable bonds is 5. The Hall–Kier alpha value is -0.0800. The second-order valence-electron chi connectivity index (χ2n) is 10.0. The van der Waals surface area contributed by atoms with Crippen molar-refractivity contribution in [2.24, 2.45) is 10.8 Å². The van der Waals surface area contributed by atoms with Crippen LogP contribution in [0.2, 0.25) is 0 Å². The molecule has 0 radical (unpaired) electrons. The average Bonchev–Trinajstić information content (AvgIpc) is 2.24. The van der Waals surface area contributed by atoms with E-state index in [0.717, 1.165) is 0 Å². The van der Waals surface area contributed by atoms with Crippen molar-refractivity contribution in [2.45, 2.75) is 86.7 Å². The van der Waals surface area contributed by atoms with Crippen molar-refractivity contribution in [2.75, 3.05) is 26.2 Å². The van der Waals surface area contributed by atoms with Crippen LogP contribution in [-0.4, -0.2) is 47.6 Å². The molecule has 0 saturated carbocycles. The molecule has 0 aliphatic carbocycles. The Morgan fingerprint density at radius 2 is 1.24 bits per heavy atom. The monoisotopic (exact) mass is 296 g/mol. The molecule has 0 aromatic rings. The summed E-state index contributed by atoms with van der Waals surface area (Å²) in [5.74, 6) is 0. The summed E-state index contributed by atoms with van der Waals surface area (Å²) in [6.45, 7) is 26.4. The van der Waals surface area contributed by atoms with Gasteiger partial charge < -0.3 is 0 Å². The Balaban J connectivity index is 2.61. The molecule has 2 nitrogen and oxygen atoms in total. The number of piperazine rings is 1. The quantitative estimate of drug-likeness (QED) is 0.729. The summed E-state index contributed by atoms with van der Waals surface area (Å²) >= 11 is 0. The first-order valence-electron chi connectivity index (χ1n) is 8.82. The third-order valence-electron chi connectivity index (χ3n) is 4.82. The van der Waals surface area contributed by atoms with Crippen molar-refractivity contribution in [1.82, 2.24) is 9.80 Å². The lowest BCUT2D eigenvalue weighted by Gasteiger charge is -2.48. The lowest BCUT2D eigenvalue weighted by molar-refractivity contribution is 0.00971. The molecule has 1 rings (SSSR count). The van der Waals surface area contributed by atoms with Gasteiger partial charge in [-0.2, -0.15) is 0 Å². The molecule has 0 bridgehead atoms. The minimum atomic E-state index is 0.303. The maximum atomic E-state index is 2.72. The van der Waals surface area contributed by atoms with Gasteiger partial charge in [0.05, 0.1) is 0 Å². The fourth-order valence-electron chi connectivity index (χ4n) is 4.62. The van der Waals surface area contributed by atoms with E-state index in [1.165, 1.54) is 39.0 Å². The lowest BCUT2D eigenvalue weighted by atomic mass is 9.70. The zero-order valence-corrected chi connectivity index (χ0v) is 16.2. The molecule has 1 saturated heterocycles. The van der Waals surface area contributed by atoms with Gasteiger partial charge in [0, 0.05) is 37.8 Å². The number of hydrogen-bond donors (Lipinski definition) is 0. The molecule has 126 valence electrons. The topological polar surface area (TPSA) is 6.48 Å². The molecule has 0 N–H and O–H groups in total. The molecule has 21 heavy (non-hydrogen) atoms. The summed E-state index contributed by atoms with van der Waals surface area (Å²) < 4.78 is 0. The summed E-state index contributed by atoms with van der Waals surface area (Å²) in [5, 5.41) is 0. The van der Waals surface area contributed by atoms with Crippen LogP contribution in [0.5, 0.6) is 0 Å².